The first-order chi connectivity index (χ1) is 5.74. The summed E-state index contributed by atoms with van der Waals surface area (Å²) in [4.78, 5) is 17.6. The molecule has 0 aromatic heterocycles. The van der Waals surface area contributed by atoms with E-state index in [9.17, 15) is 28.6 Å². The fraction of sp³-hybridized carbons (Fsp3) is 0.500. The molecule has 0 bridgehead atoms. The summed E-state index contributed by atoms with van der Waals surface area (Å²) in [6, 6.07) is 0. The summed E-state index contributed by atoms with van der Waals surface area (Å²) in [7, 11) is -3.58. The zero-order chi connectivity index (χ0) is 10.6. The van der Waals surface area contributed by atoms with Crippen LogP contribution in [-0.2, 0) is 9.84 Å². The van der Waals surface area contributed by atoms with E-state index in [1.54, 1.807) is 0 Å². The molecule has 0 aromatic rings. The minimum atomic E-state index is -3.58. The molecule has 0 N–H and O–H groups in total. The molecule has 0 unspecified atom stereocenters. The number of nitrogens with zero attached hydrogens (tertiary/aromatic N) is 2. The summed E-state index contributed by atoms with van der Waals surface area (Å²) >= 11 is 0. The molecule has 0 radical (unpaired) electrons. The maximum atomic E-state index is 10.4. The van der Waals surface area contributed by atoms with Crippen molar-refractivity contribution >= 4 is 9.84 Å². The van der Waals surface area contributed by atoms with Crippen LogP contribution in [0.25, 0.3) is 0 Å². The van der Waals surface area contributed by atoms with Crippen LogP contribution in [0.4, 0.5) is 0 Å². The molecule has 10 heteroatoms. The Morgan fingerprint density at radius 1 is 1.21 bits per heavy atom. The molecule has 0 spiro atoms. The second-order valence-electron chi connectivity index (χ2n) is 2.14. The Morgan fingerprint density at radius 3 is 1.79 bits per heavy atom. The average molecular weight is 249 g/mol. The molecular formula is C4H6KN2O6S+. The molecule has 74 valence electrons. The van der Waals surface area contributed by atoms with Gasteiger partial charge in [-0.3, -0.25) is 20.2 Å². The van der Waals surface area contributed by atoms with E-state index in [0.717, 1.165) is 6.26 Å². The Hall–Kier alpha value is 0.126. The van der Waals surface area contributed by atoms with Crippen molar-refractivity contribution in [3.63, 3.8) is 0 Å². The molecule has 0 saturated carbocycles. The third kappa shape index (κ3) is 7.52. The monoisotopic (exact) mass is 249 g/mol. The van der Waals surface area contributed by atoms with Crippen molar-refractivity contribution in [2.75, 3.05) is 6.26 Å². The van der Waals surface area contributed by atoms with Crippen molar-refractivity contribution in [1.29, 1.82) is 0 Å². The molecule has 14 heavy (non-hydrogen) atoms. The van der Waals surface area contributed by atoms with Crippen molar-refractivity contribution in [2.45, 2.75) is 6.17 Å². The van der Waals surface area contributed by atoms with E-state index in [-0.39, 0.29) is 51.4 Å². The normalized spacial score (nSPS) is 11.3. The first-order valence-corrected chi connectivity index (χ1v) is 4.85. The van der Waals surface area contributed by atoms with Gasteiger partial charge in [-0.25, -0.2) is 8.42 Å². The van der Waals surface area contributed by atoms with Gasteiger partial charge in [0.1, 0.15) is 9.85 Å². The molecule has 0 aliphatic heterocycles. The number of sulfone groups is 1. The largest absolute Gasteiger partial charge is 1.00 e. The van der Waals surface area contributed by atoms with Crippen molar-refractivity contribution in [2.24, 2.45) is 0 Å². The van der Waals surface area contributed by atoms with Crippen LogP contribution in [0.5, 0.6) is 0 Å². The summed E-state index contributed by atoms with van der Waals surface area (Å²) in [5, 5.41) is 20.4. The molecule has 0 heterocycles. The van der Waals surface area contributed by atoms with E-state index in [1.807, 2.05) is 0 Å². The Bertz CT molecular complexity index is 335. The number of hydrogen-bond acceptors (Lipinski definition) is 6. The maximum absolute atomic E-state index is 10.4. The first kappa shape index (κ1) is 16.6. The summed E-state index contributed by atoms with van der Waals surface area (Å²) in [6.45, 7) is 0. The minimum absolute atomic E-state index is 0. The van der Waals surface area contributed by atoms with E-state index in [2.05, 4.69) is 0 Å². The van der Waals surface area contributed by atoms with E-state index >= 15 is 0 Å². The maximum Gasteiger partial charge on any atom is 1.00 e. The van der Waals surface area contributed by atoms with Crippen LogP contribution in [0.15, 0.2) is 11.5 Å². The molecule has 8 nitrogen and oxygen atoms in total. The minimum Gasteiger partial charge on any atom is -0.258 e. The van der Waals surface area contributed by atoms with Crippen molar-refractivity contribution < 1.29 is 69.6 Å². The van der Waals surface area contributed by atoms with Crippen LogP contribution in [0.1, 0.15) is 0 Å². The quantitative estimate of drug-likeness (QED) is 0.220. The number of nitro groups is 2. The van der Waals surface area contributed by atoms with Crippen molar-refractivity contribution in [1.82, 2.24) is 0 Å². The Morgan fingerprint density at radius 2 is 1.57 bits per heavy atom. The fourth-order valence-electron chi connectivity index (χ4n) is 0.431. The van der Waals surface area contributed by atoms with Crippen LogP contribution in [0.3, 0.4) is 0 Å². The van der Waals surface area contributed by atoms with Gasteiger partial charge in [-0.05, 0) is 0 Å². The molecule has 0 aliphatic rings. The van der Waals surface area contributed by atoms with Crippen molar-refractivity contribution in [3.05, 3.63) is 31.7 Å². The SMILES string of the molecule is CS(=O)(=O)/C=C/C([N+](=O)[O-])[N+](=O)[O-].[K+]. The third-order valence-electron chi connectivity index (χ3n) is 0.930. The van der Waals surface area contributed by atoms with Gasteiger partial charge in [0.25, 0.3) is 0 Å². The topological polar surface area (TPSA) is 120 Å². The molecule has 0 aromatic carbocycles. The van der Waals surface area contributed by atoms with Crippen molar-refractivity contribution in [3.8, 4) is 0 Å². The zero-order valence-corrected chi connectivity index (χ0v) is 11.4. The molecule has 0 saturated heterocycles. The number of rotatable bonds is 4. The standard InChI is InChI=1S/C4H6N2O6S.K/c1-13(11,12)3-2-4(5(7)8)6(9)10;/h2-4H,1H3;/q;+1/b3-2+;. The van der Waals surface area contributed by atoms with Gasteiger partial charge in [0.15, 0.2) is 9.84 Å². The molecular weight excluding hydrogens is 243 g/mol. The molecule has 0 rings (SSSR count). The Labute approximate surface area is 122 Å². The van der Waals surface area contributed by atoms with Gasteiger partial charge in [-0.15, -0.1) is 0 Å². The Balaban J connectivity index is 0. The van der Waals surface area contributed by atoms with Gasteiger partial charge in [-0.1, -0.05) is 0 Å². The van der Waals surface area contributed by atoms with Gasteiger partial charge < -0.3 is 0 Å². The van der Waals surface area contributed by atoms with Gasteiger partial charge in [0, 0.05) is 11.7 Å². The summed E-state index contributed by atoms with van der Waals surface area (Å²) in [6.07, 6.45) is -1.02. The molecule has 0 fully saturated rings. The Kier molecular flexibility index (Phi) is 7.78. The van der Waals surface area contributed by atoms with E-state index in [0.29, 0.717) is 11.5 Å². The third-order valence-corrected chi connectivity index (χ3v) is 1.58. The van der Waals surface area contributed by atoms with E-state index in [4.69, 9.17) is 0 Å². The van der Waals surface area contributed by atoms with E-state index in [1.165, 1.54) is 0 Å². The molecule has 0 atom stereocenters. The van der Waals surface area contributed by atoms with Crippen LogP contribution in [0, 0.1) is 20.2 Å². The second kappa shape index (κ2) is 6.58. The van der Waals surface area contributed by atoms with Gasteiger partial charge in [0.05, 0.1) is 6.08 Å². The predicted molar refractivity (Wildman–Crippen MR) is 41.8 cm³/mol. The average Bonchev–Trinajstić information content (AvgIpc) is 1.82. The van der Waals surface area contributed by atoms with E-state index < -0.39 is 25.8 Å². The molecule has 0 aliphatic carbocycles. The van der Waals surface area contributed by atoms with Crippen LogP contribution < -0.4 is 51.4 Å². The predicted octanol–water partition coefficient (Wildman–Crippen LogP) is -3.57. The van der Waals surface area contributed by atoms with Gasteiger partial charge in [-0.2, -0.15) is 0 Å². The molecule has 0 amide bonds. The smallest absolute Gasteiger partial charge is 0.258 e. The zero-order valence-electron chi connectivity index (χ0n) is 7.48. The number of hydrogen-bond donors (Lipinski definition) is 0. The second-order valence-corrected chi connectivity index (χ2v) is 4.07. The van der Waals surface area contributed by atoms with Gasteiger partial charge >= 0.3 is 57.6 Å². The first-order valence-electron chi connectivity index (χ1n) is 2.89. The van der Waals surface area contributed by atoms with Crippen LogP contribution in [0.2, 0.25) is 0 Å². The van der Waals surface area contributed by atoms with Crippen LogP contribution >= 0.6 is 0 Å². The summed E-state index contributed by atoms with van der Waals surface area (Å²) in [5.74, 6) is 0. The summed E-state index contributed by atoms with van der Waals surface area (Å²) < 4.78 is 20.9. The fourth-order valence-corrected chi connectivity index (χ4v) is 0.856. The van der Waals surface area contributed by atoms with Crippen LogP contribution in [-0.4, -0.2) is 30.7 Å². The van der Waals surface area contributed by atoms with Gasteiger partial charge in [0.2, 0.25) is 0 Å². The summed E-state index contributed by atoms with van der Waals surface area (Å²) in [5.41, 5.74) is 0.